The molecule has 0 fully saturated rings. The summed E-state index contributed by atoms with van der Waals surface area (Å²) in [6, 6.07) is 6.46. The molecule has 0 aliphatic rings. The summed E-state index contributed by atoms with van der Waals surface area (Å²) in [6.45, 7) is -0.529. The van der Waals surface area contributed by atoms with Crippen LogP contribution in [0.2, 0.25) is 0 Å². The van der Waals surface area contributed by atoms with Crippen LogP contribution >= 0.6 is 11.8 Å². The zero-order valence-electron chi connectivity index (χ0n) is 13.7. The number of urea groups is 1. The van der Waals surface area contributed by atoms with E-state index in [2.05, 4.69) is 10.6 Å². The molecule has 0 aromatic heterocycles. The summed E-state index contributed by atoms with van der Waals surface area (Å²) in [4.78, 5) is 24.6. The number of nitrogens with two attached hydrogens (primary N) is 1. The van der Waals surface area contributed by atoms with E-state index in [0.717, 1.165) is 4.90 Å². The number of benzene rings is 1. The highest BCUT2D eigenvalue weighted by molar-refractivity contribution is 8.00. The van der Waals surface area contributed by atoms with Crippen molar-refractivity contribution < 1.29 is 22.8 Å². The molecular formula is C15H21F3N4O2S. The van der Waals surface area contributed by atoms with Gasteiger partial charge in [0.1, 0.15) is 0 Å². The van der Waals surface area contributed by atoms with E-state index in [0.29, 0.717) is 17.0 Å². The third-order valence-electron chi connectivity index (χ3n) is 2.96. The lowest BCUT2D eigenvalue weighted by molar-refractivity contribution is -0.143. The summed E-state index contributed by atoms with van der Waals surface area (Å²) < 4.78 is 36.6. The Morgan fingerprint density at radius 2 is 1.96 bits per heavy atom. The lowest BCUT2D eigenvalue weighted by atomic mass is 10.3. The predicted octanol–water partition coefficient (Wildman–Crippen LogP) is 2.27. The maximum Gasteiger partial charge on any atom is 0.401 e. The second-order valence-corrected chi connectivity index (χ2v) is 6.36. The van der Waals surface area contributed by atoms with Crippen molar-refractivity contribution in [2.75, 3.05) is 37.8 Å². The van der Waals surface area contributed by atoms with Gasteiger partial charge in [-0.15, -0.1) is 11.8 Å². The van der Waals surface area contributed by atoms with E-state index in [9.17, 15) is 22.8 Å². The summed E-state index contributed by atoms with van der Waals surface area (Å²) in [5.74, 6) is -0.376. The topological polar surface area (TPSA) is 87.5 Å². The van der Waals surface area contributed by atoms with Crippen molar-refractivity contribution >= 4 is 29.4 Å². The number of halogens is 3. The smallest absolute Gasteiger partial charge is 0.369 e. The van der Waals surface area contributed by atoms with Gasteiger partial charge in [0.05, 0.1) is 18.0 Å². The molecule has 0 spiro atoms. The number of rotatable bonds is 9. The highest BCUT2D eigenvalue weighted by Crippen LogP contribution is 2.26. The van der Waals surface area contributed by atoms with Gasteiger partial charge in [0.2, 0.25) is 5.91 Å². The van der Waals surface area contributed by atoms with Gasteiger partial charge < -0.3 is 16.4 Å². The first-order valence-corrected chi connectivity index (χ1v) is 8.46. The number of para-hydroxylation sites is 1. The monoisotopic (exact) mass is 378 g/mol. The predicted molar refractivity (Wildman–Crippen MR) is 91.6 cm³/mol. The quantitative estimate of drug-likeness (QED) is 0.454. The van der Waals surface area contributed by atoms with E-state index in [1.807, 2.05) is 0 Å². The van der Waals surface area contributed by atoms with Gasteiger partial charge in [-0.05, 0) is 32.1 Å². The number of carbonyl (C=O) groups excluding carboxylic acids is 2. The maximum atomic E-state index is 12.2. The van der Waals surface area contributed by atoms with Crippen LogP contribution in [0.3, 0.4) is 0 Å². The molecule has 0 saturated carbocycles. The molecule has 0 heterocycles. The van der Waals surface area contributed by atoms with E-state index in [1.54, 1.807) is 24.3 Å². The van der Waals surface area contributed by atoms with Crippen molar-refractivity contribution in [1.29, 1.82) is 0 Å². The second kappa shape index (κ2) is 10.1. The normalized spacial score (nSPS) is 11.4. The molecule has 0 aliphatic heterocycles. The fourth-order valence-corrected chi connectivity index (χ4v) is 2.69. The number of thioether (sulfide) groups is 1. The van der Waals surface area contributed by atoms with Crippen molar-refractivity contribution in [2.45, 2.75) is 17.5 Å². The van der Waals surface area contributed by atoms with Gasteiger partial charge in [0, 0.05) is 11.4 Å². The molecular weight excluding hydrogens is 357 g/mol. The van der Waals surface area contributed by atoms with Gasteiger partial charge in [-0.1, -0.05) is 12.1 Å². The lowest BCUT2D eigenvalue weighted by Crippen LogP contribution is -2.35. The minimum atomic E-state index is -4.23. The van der Waals surface area contributed by atoms with Crippen LogP contribution in [-0.4, -0.2) is 55.4 Å². The van der Waals surface area contributed by atoms with Crippen LogP contribution in [0.5, 0.6) is 0 Å². The second-order valence-electron chi connectivity index (χ2n) is 5.34. The Morgan fingerprint density at radius 3 is 2.60 bits per heavy atom. The van der Waals surface area contributed by atoms with Crippen LogP contribution in [0.25, 0.3) is 0 Å². The average Bonchev–Trinajstić information content (AvgIpc) is 2.49. The number of hydrogen-bond donors (Lipinski definition) is 3. The molecule has 25 heavy (non-hydrogen) atoms. The summed E-state index contributed by atoms with van der Waals surface area (Å²) in [7, 11) is 1.37. The van der Waals surface area contributed by atoms with E-state index in [1.165, 1.54) is 18.8 Å². The van der Waals surface area contributed by atoms with Crippen LogP contribution in [0, 0.1) is 0 Å². The van der Waals surface area contributed by atoms with Crippen molar-refractivity contribution in [1.82, 2.24) is 10.2 Å². The molecule has 10 heteroatoms. The van der Waals surface area contributed by atoms with Crippen LogP contribution in [0.1, 0.15) is 6.42 Å². The fourth-order valence-electron chi connectivity index (χ4n) is 1.95. The van der Waals surface area contributed by atoms with Crippen molar-refractivity contribution in [3.8, 4) is 0 Å². The molecule has 0 radical (unpaired) electrons. The molecule has 3 amide bonds. The van der Waals surface area contributed by atoms with E-state index in [4.69, 9.17) is 5.73 Å². The summed E-state index contributed by atoms with van der Waals surface area (Å²) >= 11 is 1.20. The summed E-state index contributed by atoms with van der Waals surface area (Å²) in [5, 5.41) is 5.23. The number of hydrogen-bond acceptors (Lipinski definition) is 4. The van der Waals surface area contributed by atoms with Crippen LogP contribution in [0.15, 0.2) is 29.2 Å². The van der Waals surface area contributed by atoms with Crippen LogP contribution in [-0.2, 0) is 4.79 Å². The van der Waals surface area contributed by atoms with Gasteiger partial charge in [-0.25, -0.2) is 4.79 Å². The van der Waals surface area contributed by atoms with Crippen LogP contribution < -0.4 is 16.4 Å². The Kier molecular flexibility index (Phi) is 8.56. The first kappa shape index (κ1) is 21.1. The van der Waals surface area contributed by atoms with E-state index < -0.39 is 24.7 Å². The zero-order chi connectivity index (χ0) is 18.9. The molecule has 1 aromatic carbocycles. The van der Waals surface area contributed by atoms with Gasteiger partial charge >= 0.3 is 12.2 Å². The Morgan fingerprint density at radius 1 is 1.28 bits per heavy atom. The molecule has 6 nitrogen and oxygen atoms in total. The largest absolute Gasteiger partial charge is 0.401 e. The Balaban J connectivity index is 2.36. The Bertz CT molecular complexity index is 584. The van der Waals surface area contributed by atoms with Gasteiger partial charge in [0.15, 0.2) is 0 Å². The first-order valence-electron chi connectivity index (χ1n) is 7.47. The highest BCUT2D eigenvalue weighted by Gasteiger charge is 2.28. The van der Waals surface area contributed by atoms with Gasteiger partial charge in [-0.3, -0.25) is 9.69 Å². The number of amides is 3. The Hall–Kier alpha value is -1.94. The molecule has 1 aromatic rings. The lowest BCUT2D eigenvalue weighted by Gasteiger charge is -2.18. The maximum absolute atomic E-state index is 12.2. The SMILES string of the molecule is CN(CCCNC(=O)Nc1ccccc1SCC(N)=O)CC(F)(F)F. The standard InChI is InChI=1S/C15H21F3N4O2S/c1-22(10-15(16,17)18)8-4-7-20-14(24)21-11-5-2-3-6-12(11)25-9-13(19)23/h2-3,5-6H,4,7-10H2,1H3,(H2,19,23)(H2,20,21,24). The van der Waals surface area contributed by atoms with Crippen molar-refractivity contribution in [2.24, 2.45) is 5.73 Å². The van der Waals surface area contributed by atoms with Crippen molar-refractivity contribution in [3.05, 3.63) is 24.3 Å². The molecule has 0 aliphatic carbocycles. The summed E-state index contributed by atoms with van der Waals surface area (Å²) in [5.41, 5.74) is 5.63. The number of carbonyl (C=O) groups is 2. The zero-order valence-corrected chi connectivity index (χ0v) is 14.5. The highest BCUT2D eigenvalue weighted by atomic mass is 32.2. The van der Waals surface area contributed by atoms with Crippen molar-refractivity contribution in [3.63, 3.8) is 0 Å². The molecule has 0 unspecified atom stereocenters. The third kappa shape index (κ3) is 9.82. The molecule has 0 saturated heterocycles. The number of primary amides is 1. The van der Waals surface area contributed by atoms with Gasteiger partial charge in [0.25, 0.3) is 0 Å². The molecule has 0 bridgehead atoms. The number of alkyl halides is 3. The molecule has 4 N–H and O–H groups in total. The first-order chi connectivity index (χ1) is 11.7. The van der Waals surface area contributed by atoms with E-state index >= 15 is 0 Å². The van der Waals surface area contributed by atoms with E-state index in [-0.39, 0.29) is 18.8 Å². The molecule has 1 rings (SSSR count). The molecule has 0 atom stereocenters. The number of anilines is 1. The third-order valence-corrected chi connectivity index (χ3v) is 4.05. The minimum absolute atomic E-state index is 0.0891. The average molecular weight is 378 g/mol. The number of nitrogens with zero attached hydrogens (tertiary/aromatic N) is 1. The fraction of sp³-hybridized carbons (Fsp3) is 0.467. The minimum Gasteiger partial charge on any atom is -0.369 e. The number of nitrogens with one attached hydrogen (secondary N) is 2. The van der Waals surface area contributed by atoms with Crippen LogP contribution in [0.4, 0.5) is 23.7 Å². The summed E-state index contributed by atoms with van der Waals surface area (Å²) in [6.07, 6.45) is -3.84. The Labute approximate surface area is 148 Å². The molecule has 140 valence electrons. The van der Waals surface area contributed by atoms with Gasteiger partial charge in [-0.2, -0.15) is 13.2 Å².